The van der Waals surface area contributed by atoms with Crippen LogP contribution in [-0.2, 0) is 0 Å². The number of rotatable bonds is 3. The molecule has 0 spiro atoms. The fourth-order valence-corrected chi connectivity index (χ4v) is 3.48. The van der Waals surface area contributed by atoms with E-state index in [1.807, 2.05) is 0 Å². The highest BCUT2D eigenvalue weighted by Crippen LogP contribution is 2.42. The quantitative estimate of drug-likeness (QED) is 0.706. The summed E-state index contributed by atoms with van der Waals surface area (Å²) >= 11 is 0. The lowest BCUT2D eigenvalue weighted by molar-refractivity contribution is 0.0695. The number of carbonyl (C=O) groups is 1. The molecule has 9 heteroatoms. The normalized spacial score (nSPS) is 22.0. The summed E-state index contributed by atoms with van der Waals surface area (Å²) in [5.41, 5.74) is 8.36. The fourth-order valence-electron chi connectivity index (χ4n) is 3.48. The van der Waals surface area contributed by atoms with Crippen molar-refractivity contribution in [2.24, 2.45) is 5.73 Å². The first-order valence-corrected chi connectivity index (χ1v) is 8.46. The van der Waals surface area contributed by atoms with E-state index in [1.165, 1.54) is 15.7 Å². The summed E-state index contributed by atoms with van der Waals surface area (Å²) < 4.78 is 31.8. The van der Waals surface area contributed by atoms with E-state index in [0.717, 1.165) is 6.20 Å². The molecule has 2 aliphatic rings. The molecular formula is C18H18F2N4O3. The molecule has 1 unspecified atom stereocenters. The largest absolute Gasteiger partial charge is 0.477 e. The molecule has 1 atom stereocenters. The molecule has 2 heterocycles. The van der Waals surface area contributed by atoms with Crippen LogP contribution in [0.15, 0.2) is 23.3 Å². The second-order valence-electron chi connectivity index (χ2n) is 7.38. The van der Waals surface area contributed by atoms with Gasteiger partial charge in [-0.2, -0.15) is 0 Å². The Labute approximate surface area is 152 Å². The summed E-state index contributed by atoms with van der Waals surface area (Å²) in [5, 5.41) is 8.85. The van der Waals surface area contributed by atoms with Crippen LogP contribution < -0.4 is 21.8 Å². The number of benzene rings is 1. The Bertz CT molecular complexity index is 1090. The predicted molar refractivity (Wildman–Crippen MR) is 96.8 cm³/mol. The molecule has 1 aromatic carbocycles. The number of nitrogens with zero attached hydrogens (tertiary/aromatic N) is 2. The number of nitrogens with two attached hydrogens (primary N) is 2. The van der Waals surface area contributed by atoms with Gasteiger partial charge in [-0.3, -0.25) is 4.79 Å². The van der Waals surface area contributed by atoms with Crippen molar-refractivity contribution in [3.8, 4) is 0 Å². The monoisotopic (exact) mass is 376 g/mol. The Morgan fingerprint density at radius 1 is 1.33 bits per heavy atom. The summed E-state index contributed by atoms with van der Waals surface area (Å²) in [6.45, 7) is 1.84. The number of carboxylic acid groups (broad SMARTS) is 1. The third-order valence-corrected chi connectivity index (χ3v) is 4.97. The van der Waals surface area contributed by atoms with Crippen LogP contribution in [0.5, 0.6) is 0 Å². The summed E-state index contributed by atoms with van der Waals surface area (Å²) in [7, 11) is 0. The minimum Gasteiger partial charge on any atom is -0.477 e. The van der Waals surface area contributed by atoms with E-state index in [2.05, 4.69) is 0 Å². The van der Waals surface area contributed by atoms with E-state index in [9.17, 15) is 19.1 Å². The minimum atomic E-state index is -1.47. The average Bonchev–Trinajstić information content (AvgIpc) is 3.36. The number of carboxylic acids is 1. The highest BCUT2D eigenvalue weighted by atomic mass is 19.1. The maximum atomic E-state index is 15.5. The molecule has 1 fully saturated rings. The number of hydrogen-bond acceptors (Lipinski definition) is 5. The topological polar surface area (TPSA) is 115 Å². The zero-order valence-corrected chi connectivity index (χ0v) is 14.5. The van der Waals surface area contributed by atoms with Crippen LogP contribution in [-0.4, -0.2) is 27.7 Å². The highest BCUT2D eigenvalue weighted by Gasteiger charge is 2.34. The van der Waals surface area contributed by atoms with E-state index < -0.39 is 50.9 Å². The van der Waals surface area contributed by atoms with Crippen LogP contribution in [0.1, 0.15) is 36.2 Å². The maximum absolute atomic E-state index is 15.5. The molecule has 7 nitrogen and oxygen atoms in total. The molecule has 0 amide bonds. The van der Waals surface area contributed by atoms with E-state index in [0.29, 0.717) is 12.8 Å². The summed E-state index contributed by atoms with van der Waals surface area (Å²) in [5.74, 6) is -3.54. The van der Waals surface area contributed by atoms with Crippen molar-refractivity contribution in [2.45, 2.75) is 31.3 Å². The maximum Gasteiger partial charge on any atom is 0.341 e. The number of hydrogen-bond donors (Lipinski definition) is 3. The van der Waals surface area contributed by atoms with Gasteiger partial charge in [0.15, 0.2) is 11.6 Å². The van der Waals surface area contributed by atoms with Crippen LogP contribution in [0, 0.1) is 11.6 Å². The van der Waals surface area contributed by atoms with Crippen LogP contribution in [0.25, 0.3) is 10.9 Å². The molecule has 0 bridgehead atoms. The first kappa shape index (κ1) is 17.5. The Balaban J connectivity index is 2.09. The van der Waals surface area contributed by atoms with Gasteiger partial charge in [0.2, 0.25) is 5.43 Å². The van der Waals surface area contributed by atoms with E-state index >= 15 is 4.39 Å². The smallest absolute Gasteiger partial charge is 0.341 e. The minimum absolute atomic E-state index is 0.132. The lowest BCUT2D eigenvalue weighted by Gasteiger charge is -2.25. The number of aromatic nitrogens is 1. The highest BCUT2D eigenvalue weighted by molar-refractivity contribution is 6.00. The molecule has 27 heavy (non-hydrogen) atoms. The van der Waals surface area contributed by atoms with Crippen LogP contribution in [0.4, 0.5) is 20.2 Å². The number of halogens is 2. The molecule has 2 aromatic rings. The molecule has 4 rings (SSSR count). The zero-order chi connectivity index (χ0) is 19.7. The molecule has 1 aromatic heterocycles. The third-order valence-electron chi connectivity index (χ3n) is 4.97. The Morgan fingerprint density at radius 2 is 2.00 bits per heavy atom. The van der Waals surface area contributed by atoms with Gasteiger partial charge in [0, 0.05) is 25.0 Å². The summed E-state index contributed by atoms with van der Waals surface area (Å²) in [4.78, 5) is 25.3. The van der Waals surface area contributed by atoms with Crippen molar-refractivity contribution in [1.29, 1.82) is 0 Å². The van der Waals surface area contributed by atoms with Crippen LogP contribution >= 0.6 is 0 Å². The SMILES string of the molecule is CC1(N)C=CN(c2c(F)c(N)c3c(=O)c(C(=O)O)cn(C4CC4)c3c2F)C1. The van der Waals surface area contributed by atoms with E-state index in [-0.39, 0.29) is 18.1 Å². The molecule has 0 radical (unpaired) electrons. The number of fused-ring (bicyclic) bond motifs is 1. The number of anilines is 2. The van der Waals surface area contributed by atoms with Gasteiger partial charge in [0.1, 0.15) is 11.3 Å². The second kappa shape index (κ2) is 5.53. The summed E-state index contributed by atoms with van der Waals surface area (Å²) in [6.07, 6.45) is 5.61. The first-order valence-electron chi connectivity index (χ1n) is 8.46. The van der Waals surface area contributed by atoms with Gasteiger partial charge in [-0.15, -0.1) is 0 Å². The van der Waals surface area contributed by atoms with E-state index in [4.69, 9.17) is 11.5 Å². The lowest BCUT2D eigenvalue weighted by Crippen LogP contribution is -2.40. The van der Waals surface area contributed by atoms with E-state index in [1.54, 1.807) is 13.0 Å². The number of nitrogen functional groups attached to an aromatic ring is 1. The molecule has 5 N–H and O–H groups in total. The average molecular weight is 376 g/mol. The predicted octanol–water partition coefficient (Wildman–Crippen LogP) is 1.95. The van der Waals surface area contributed by atoms with Crippen LogP contribution in [0.2, 0.25) is 0 Å². The fraction of sp³-hybridized carbons (Fsp3) is 0.333. The zero-order valence-electron chi connectivity index (χ0n) is 14.5. The van der Waals surface area contributed by atoms with Crippen molar-refractivity contribution in [3.05, 3.63) is 45.9 Å². The Hall–Kier alpha value is -2.94. The van der Waals surface area contributed by atoms with Crippen molar-refractivity contribution < 1.29 is 18.7 Å². The van der Waals surface area contributed by atoms with Crippen LogP contribution in [0.3, 0.4) is 0 Å². The first-order chi connectivity index (χ1) is 12.6. The molecule has 1 saturated carbocycles. The molecule has 142 valence electrons. The lowest BCUT2D eigenvalue weighted by atomic mass is 10.0. The van der Waals surface area contributed by atoms with Gasteiger partial charge in [-0.1, -0.05) is 0 Å². The van der Waals surface area contributed by atoms with Crippen molar-refractivity contribution in [3.63, 3.8) is 0 Å². The number of aromatic carboxylic acids is 1. The summed E-state index contributed by atoms with van der Waals surface area (Å²) in [6, 6.07) is -0.160. The van der Waals surface area contributed by atoms with Gasteiger partial charge >= 0.3 is 5.97 Å². The standard InChI is InChI=1S/C18H18F2N4O3/c1-18(22)4-5-23(7-18)15-11(19)13(21)10-14(12(15)20)24(8-2-3-8)6-9(16(10)25)17(26)27/h4-6,8H,2-3,7,21-22H2,1H3,(H,26,27). The Morgan fingerprint density at radius 3 is 2.52 bits per heavy atom. The Kier molecular flexibility index (Phi) is 3.58. The second-order valence-corrected chi connectivity index (χ2v) is 7.38. The third kappa shape index (κ3) is 2.57. The van der Waals surface area contributed by atoms with Gasteiger partial charge in [-0.05, 0) is 25.8 Å². The van der Waals surface area contributed by atoms with Gasteiger partial charge in [0.25, 0.3) is 0 Å². The molecular weight excluding hydrogens is 358 g/mol. The van der Waals surface area contributed by atoms with Crippen molar-refractivity contribution >= 4 is 28.2 Å². The van der Waals surface area contributed by atoms with Gasteiger partial charge in [0.05, 0.1) is 22.1 Å². The molecule has 1 aliphatic heterocycles. The van der Waals surface area contributed by atoms with Crippen molar-refractivity contribution in [2.75, 3.05) is 17.2 Å². The molecule has 0 saturated heterocycles. The van der Waals surface area contributed by atoms with Crippen molar-refractivity contribution in [1.82, 2.24) is 4.57 Å². The van der Waals surface area contributed by atoms with Gasteiger partial charge < -0.3 is 26.0 Å². The number of pyridine rings is 1. The molecule has 1 aliphatic carbocycles. The van der Waals surface area contributed by atoms with Gasteiger partial charge in [-0.25, -0.2) is 13.6 Å².